The van der Waals surface area contributed by atoms with Crippen molar-refractivity contribution in [3.63, 3.8) is 0 Å². The quantitative estimate of drug-likeness (QED) is 0.222. The van der Waals surface area contributed by atoms with E-state index in [1.165, 1.54) is 30.0 Å². The zero-order valence-electron chi connectivity index (χ0n) is 23.8. The number of rotatable bonds is 14. The van der Waals surface area contributed by atoms with Crippen LogP contribution >= 0.6 is 11.8 Å². The van der Waals surface area contributed by atoms with E-state index in [9.17, 15) is 19.4 Å². The van der Waals surface area contributed by atoms with Gasteiger partial charge in [0.05, 0.1) is 18.8 Å². The number of aromatic carboxylic acids is 1. The molecule has 0 spiro atoms. The van der Waals surface area contributed by atoms with E-state index in [0.29, 0.717) is 44.0 Å². The molecule has 2 aliphatic rings. The summed E-state index contributed by atoms with van der Waals surface area (Å²) in [6.45, 7) is 6.85. The number of aliphatic hydroxyl groups is 1. The van der Waals surface area contributed by atoms with Gasteiger partial charge >= 0.3 is 5.97 Å². The summed E-state index contributed by atoms with van der Waals surface area (Å²) in [4.78, 5) is 11.0. The Kier molecular flexibility index (Phi) is 10.3. The third kappa shape index (κ3) is 7.05. The molecule has 6 nitrogen and oxygen atoms in total. The fourth-order valence-electron chi connectivity index (χ4n) is 5.32. The number of allylic oxidation sites excluding steroid dienone is 1. The summed E-state index contributed by atoms with van der Waals surface area (Å²) >= 11 is 1.51. The number of ether oxygens (including phenoxy) is 3. The van der Waals surface area contributed by atoms with Crippen molar-refractivity contribution in [3.8, 4) is 5.75 Å². The van der Waals surface area contributed by atoms with Crippen molar-refractivity contribution in [2.45, 2.75) is 75.4 Å². The highest BCUT2D eigenvalue weighted by atomic mass is 32.2. The smallest absolute Gasteiger partial charge is 0.339 e. The van der Waals surface area contributed by atoms with Gasteiger partial charge in [-0.2, -0.15) is 0 Å². The van der Waals surface area contributed by atoms with Crippen LogP contribution in [0.1, 0.15) is 74.7 Å². The molecule has 0 aromatic heterocycles. The van der Waals surface area contributed by atoms with E-state index in [1.807, 2.05) is 31.4 Å². The second-order valence-electron chi connectivity index (χ2n) is 10.3. The van der Waals surface area contributed by atoms with Gasteiger partial charge in [0, 0.05) is 12.3 Å². The van der Waals surface area contributed by atoms with E-state index in [2.05, 4.69) is 6.92 Å². The Balaban J connectivity index is 1.38. The summed E-state index contributed by atoms with van der Waals surface area (Å²) in [6.07, 6.45) is 8.80. The lowest BCUT2D eigenvalue weighted by Gasteiger charge is -2.36. The molecule has 2 aromatic carbocycles. The van der Waals surface area contributed by atoms with E-state index >= 15 is 0 Å². The molecule has 0 saturated heterocycles. The van der Waals surface area contributed by atoms with Gasteiger partial charge in [0.15, 0.2) is 4.93 Å². The molecular formula is C33H39FO6S. The second-order valence-corrected chi connectivity index (χ2v) is 11.5. The van der Waals surface area contributed by atoms with Crippen LogP contribution < -0.4 is 4.74 Å². The van der Waals surface area contributed by atoms with Crippen LogP contribution in [0.5, 0.6) is 5.75 Å². The topological polar surface area (TPSA) is 85.2 Å². The Morgan fingerprint density at radius 3 is 2.51 bits per heavy atom. The van der Waals surface area contributed by atoms with Crippen molar-refractivity contribution in [1.29, 1.82) is 0 Å². The SMILES string of the molecule is CCCC1(Oc2ccccc2C(=O)O)SC=CC1OCCCOC1=CC(O)(CC)C(c2ccc(F)cc2)C=C1CC. The molecule has 1 aliphatic heterocycles. The average Bonchev–Trinajstić information content (AvgIpc) is 3.35. The number of benzene rings is 2. The van der Waals surface area contributed by atoms with Crippen molar-refractivity contribution < 1.29 is 33.6 Å². The van der Waals surface area contributed by atoms with Gasteiger partial charge in [0.2, 0.25) is 0 Å². The molecule has 41 heavy (non-hydrogen) atoms. The maximum absolute atomic E-state index is 13.5. The molecule has 0 bridgehead atoms. The van der Waals surface area contributed by atoms with E-state index in [1.54, 1.807) is 36.4 Å². The van der Waals surface area contributed by atoms with Gasteiger partial charge in [-0.15, -0.1) is 0 Å². The lowest BCUT2D eigenvalue weighted by molar-refractivity contribution is -0.0230. The maximum Gasteiger partial charge on any atom is 0.339 e. The molecule has 4 atom stereocenters. The lowest BCUT2D eigenvalue weighted by Crippen LogP contribution is -2.43. The summed E-state index contributed by atoms with van der Waals surface area (Å²) in [5.41, 5.74) is 0.840. The molecule has 2 aromatic rings. The molecule has 4 unspecified atom stereocenters. The number of carboxylic acid groups (broad SMARTS) is 1. The number of carbonyl (C=O) groups is 1. The third-order valence-electron chi connectivity index (χ3n) is 7.58. The van der Waals surface area contributed by atoms with E-state index in [4.69, 9.17) is 14.2 Å². The third-order valence-corrected chi connectivity index (χ3v) is 8.79. The van der Waals surface area contributed by atoms with Crippen molar-refractivity contribution in [2.75, 3.05) is 13.2 Å². The highest BCUT2D eigenvalue weighted by molar-refractivity contribution is 8.03. The molecule has 4 rings (SSSR count). The minimum atomic E-state index is -1.14. The largest absolute Gasteiger partial charge is 0.493 e. The van der Waals surface area contributed by atoms with Gasteiger partial charge in [0.1, 0.15) is 29.0 Å². The van der Waals surface area contributed by atoms with Crippen LogP contribution in [-0.4, -0.2) is 46.0 Å². The monoisotopic (exact) mass is 582 g/mol. The predicted molar refractivity (Wildman–Crippen MR) is 160 cm³/mol. The first kappa shape index (κ1) is 30.9. The summed E-state index contributed by atoms with van der Waals surface area (Å²) in [5.74, 6) is -0.633. The van der Waals surface area contributed by atoms with E-state index < -0.39 is 16.5 Å². The van der Waals surface area contributed by atoms with Crippen molar-refractivity contribution >= 4 is 17.7 Å². The second kappa shape index (κ2) is 13.7. The normalized spacial score (nSPS) is 25.5. The van der Waals surface area contributed by atoms with Crippen LogP contribution in [0.3, 0.4) is 0 Å². The maximum atomic E-state index is 13.5. The van der Waals surface area contributed by atoms with Crippen molar-refractivity contribution in [2.24, 2.45) is 0 Å². The van der Waals surface area contributed by atoms with Crippen LogP contribution in [0.4, 0.5) is 4.39 Å². The molecule has 0 radical (unpaired) electrons. The summed E-state index contributed by atoms with van der Waals surface area (Å²) in [5, 5.41) is 23.1. The molecule has 2 N–H and O–H groups in total. The molecule has 0 saturated carbocycles. The van der Waals surface area contributed by atoms with E-state index in [-0.39, 0.29) is 23.4 Å². The fourth-order valence-corrected chi connectivity index (χ4v) is 6.51. The number of hydrogen-bond acceptors (Lipinski definition) is 6. The molecule has 0 amide bonds. The van der Waals surface area contributed by atoms with Crippen LogP contribution in [0.25, 0.3) is 0 Å². The number of hydrogen-bond donors (Lipinski definition) is 2. The van der Waals surface area contributed by atoms with Gasteiger partial charge in [-0.3, -0.25) is 0 Å². The fraction of sp³-hybridized carbons (Fsp3) is 0.424. The van der Waals surface area contributed by atoms with Crippen molar-refractivity contribution in [3.05, 3.63) is 100 Å². The zero-order valence-corrected chi connectivity index (χ0v) is 24.7. The van der Waals surface area contributed by atoms with Crippen LogP contribution in [0, 0.1) is 5.82 Å². The minimum absolute atomic E-state index is 0.122. The van der Waals surface area contributed by atoms with E-state index in [0.717, 1.165) is 24.0 Å². The predicted octanol–water partition coefficient (Wildman–Crippen LogP) is 7.61. The number of para-hydroxylation sites is 1. The van der Waals surface area contributed by atoms with Gasteiger partial charge < -0.3 is 24.4 Å². The first-order valence-electron chi connectivity index (χ1n) is 14.3. The Morgan fingerprint density at radius 1 is 1.07 bits per heavy atom. The van der Waals surface area contributed by atoms with Gasteiger partial charge in [0.25, 0.3) is 0 Å². The van der Waals surface area contributed by atoms with Gasteiger partial charge in [-0.25, -0.2) is 9.18 Å². The molecular weight excluding hydrogens is 543 g/mol. The molecule has 220 valence electrons. The summed E-state index contributed by atoms with van der Waals surface area (Å²) in [6, 6.07) is 13.0. The Bertz CT molecular complexity index is 1290. The zero-order chi connectivity index (χ0) is 29.5. The molecule has 1 heterocycles. The summed E-state index contributed by atoms with van der Waals surface area (Å²) in [7, 11) is 0. The van der Waals surface area contributed by atoms with Crippen LogP contribution in [0.15, 0.2) is 83.5 Å². The first-order chi connectivity index (χ1) is 19.7. The summed E-state index contributed by atoms with van der Waals surface area (Å²) < 4.78 is 32.3. The lowest BCUT2D eigenvalue weighted by atomic mass is 9.75. The van der Waals surface area contributed by atoms with Gasteiger partial charge in [-0.1, -0.05) is 69.3 Å². The van der Waals surface area contributed by atoms with Crippen molar-refractivity contribution in [1.82, 2.24) is 0 Å². The Labute approximate surface area is 245 Å². The van der Waals surface area contributed by atoms with Gasteiger partial charge in [-0.05, 0) is 72.2 Å². The average molecular weight is 583 g/mol. The number of carboxylic acids is 1. The number of thioether (sulfide) groups is 1. The standard InChI is InChI=1S/C33H39FO6S/c1-4-17-33(40-28-11-8-7-10-26(28)31(35)36)30(16-20-41-33)39-19-9-18-38-29-22-32(37,6-3)27(21-23(29)5-2)24-12-14-25(34)15-13-24/h7-8,10-16,20-22,27,30,37H,4-6,9,17-19H2,1-3H3,(H,35,36). The molecule has 8 heteroatoms. The highest BCUT2D eigenvalue weighted by Gasteiger charge is 2.44. The Hall–Kier alpha value is -3.07. The Morgan fingerprint density at radius 2 is 1.83 bits per heavy atom. The first-order valence-corrected chi connectivity index (χ1v) is 15.1. The number of halogens is 1. The molecule has 0 fully saturated rings. The highest BCUT2D eigenvalue weighted by Crippen LogP contribution is 2.45. The van der Waals surface area contributed by atoms with Crippen LogP contribution in [-0.2, 0) is 9.47 Å². The molecule has 1 aliphatic carbocycles. The van der Waals surface area contributed by atoms with Crippen LogP contribution in [0.2, 0.25) is 0 Å². The minimum Gasteiger partial charge on any atom is -0.493 e.